The van der Waals surface area contributed by atoms with Crippen LogP contribution in [-0.4, -0.2) is 34.1 Å². The number of imidazole rings is 1. The molecule has 1 saturated heterocycles. The average molecular weight is 275 g/mol. The minimum Gasteiger partial charge on any atom is -0.331 e. The van der Waals surface area contributed by atoms with E-state index in [1.54, 1.807) is 0 Å². The zero-order chi connectivity index (χ0) is 13.4. The van der Waals surface area contributed by atoms with Crippen LogP contribution in [0.1, 0.15) is 31.4 Å². The van der Waals surface area contributed by atoms with Crippen molar-refractivity contribution in [2.45, 2.75) is 32.7 Å². The van der Waals surface area contributed by atoms with Crippen molar-refractivity contribution in [3.05, 3.63) is 28.5 Å². The molecule has 1 aliphatic heterocycles. The van der Waals surface area contributed by atoms with Crippen molar-refractivity contribution in [2.75, 3.05) is 19.6 Å². The number of nitrogens with zero attached hydrogens (tertiary/aromatic N) is 2. The highest BCUT2D eigenvalue weighted by molar-refractivity contribution is 7.71. The SMILES string of the molecule is Cc1cccc2[nH]c(=S)n(C(C)CN3CCCC3)c12. The van der Waals surface area contributed by atoms with Crippen molar-refractivity contribution in [3.8, 4) is 0 Å². The summed E-state index contributed by atoms with van der Waals surface area (Å²) in [5.41, 5.74) is 3.70. The van der Waals surface area contributed by atoms with Crippen molar-refractivity contribution in [1.29, 1.82) is 0 Å². The lowest BCUT2D eigenvalue weighted by atomic mass is 10.2. The Morgan fingerprint density at radius 2 is 2.05 bits per heavy atom. The molecule has 1 N–H and O–H groups in total. The second-order valence-corrected chi connectivity index (χ2v) is 6.01. The Hall–Kier alpha value is -1.13. The molecule has 2 aromatic rings. The second-order valence-electron chi connectivity index (χ2n) is 5.63. The monoisotopic (exact) mass is 275 g/mol. The Bertz CT molecular complexity index is 634. The maximum absolute atomic E-state index is 5.52. The second kappa shape index (κ2) is 5.10. The first-order valence-corrected chi connectivity index (χ1v) is 7.50. The number of para-hydroxylation sites is 1. The van der Waals surface area contributed by atoms with E-state index >= 15 is 0 Å². The first-order valence-electron chi connectivity index (χ1n) is 7.09. The van der Waals surface area contributed by atoms with Gasteiger partial charge in [-0.3, -0.25) is 0 Å². The van der Waals surface area contributed by atoms with Crippen LogP contribution in [0.4, 0.5) is 0 Å². The third kappa shape index (κ3) is 2.35. The predicted octanol–water partition coefficient (Wildman–Crippen LogP) is 3.66. The first kappa shape index (κ1) is 12.9. The molecule has 2 heterocycles. The van der Waals surface area contributed by atoms with Gasteiger partial charge in [0.2, 0.25) is 0 Å². The van der Waals surface area contributed by atoms with E-state index in [9.17, 15) is 0 Å². The Labute approximate surface area is 119 Å². The average Bonchev–Trinajstić information content (AvgIpc) is 2.96. The van der Waals surface area contributed by atoms with Gasteiger partial charge in [-0.15, -0.1) is 0 Å². The largest absolute Gasteiger partial charge is 0.331 e. The molecule has 1 atom stereocenters. The van der Waals surface area contributed by atoms with E-state index in [4.69, 9.17) is 12.2 Å². The molecule has 0 aliphatic carbocycles. The van der Waals surface area contributed by atoms with Crippen LogP contribution < -0.4 is 0 Å². The minimum absolute atomic E-state index is 0.417. The van der Waals surface area contributed by atoms with Gasteiger partial charge < -0.3 is 14.5 Å². The van der Waals surface area contributed by atoms with Gasteiger partial charge in [-0.25, -0.2) is 0 Å². The van der Waals surface area contributed by atoms with Crippen molar-refractivity contribution in [2.24, 2.45) is 0 Å². The molecule has 102 valence electrons. The summed E-state index contributed by atoms with van der Waals surface area (Å²) >= 11 is 5.52. The van der Waals surface area contributed by atoms with Gasteiger partial charge in [0.15, 0.2) is 4.77 Å². The molecule has 0 radical (unpaired) electrons. The number of rotatable bonds is 3. The number of fused-ring (bicyclic) bond motifs is 1. The molecule has 1 unspecified atom stereocenters. The van der Waals surface area contributed by atoms with E-state index in [-0.39, 0.29) is 0 Å². The summed E-state index contributed by atoms with van der Waals surface area (Å²) in [6.07, 6.45) is 2.68. The molecule has 1 fully saturated rings. The fourth-order valence-electron chi connectivity index (χ4n) is 3.20. The number of benzene rings is 1. The normalized spacial score (nSPS) is 18.2. The summed E-state index contributed by atoms with van der Waals surface area (Å²) in [4.78, 5) is 5.88. The Morgan fingerprint density at radius 3 is 2.79 bits per heavy atom. The molecule has 19 heavy (non-hydrogen) atoms. The highest BCUT2D eigenvalue weighted by Crippen LogP contribution is 2.23. The molecule has 1 aromatic carbocycles. The van der Waals surface area contributed by atoms with Gasteiger partial charge in [0.05, 0.1) is 11.0 Å². The first-order chi connectivity index (χ1) is 9.16. The molecule has 0 amide bonds. The lowest BCUT2D eigenvalue weighted by Gasteiger charge is -2.22. The number of aromatic nitrogens is 2. The van der Waals surface area contributed by atoms with E-state index < -0.39 is 0 Å². The zero-order valence-corrected chi connectivity index (χ0v) is 12.5. The molecule has 0 bridgehead atoms. The van der Waals surface area contributed by atoms with Gasteiger partial charge >= 0.3 is 0 Å². The van der Waals surface area contributed by atoms with Crippen LogP contribution in [0.2, 0.25) is 0 Å². The standard InChI is InChI=1S/C15H21N3S/c1-11-6-5-7-13-14(11)18(15(19)16-13)12(2)10-17-8-3-4-9-17/h5-7,12H,3-4,8-10H2,1-2H3,(H,16,19). The number of hydrogen-bond acceptors (Lipinski definition) is 2. The molecule has 3 nitrogen and oxygen atoms in total. The Morgan fingerprint density at radius 1 is 1.32 bits per heavy atom. The number of nitrogens with one attached hydrogen (secondary N) is 1. The summed E-state index contributed by atoms with van der Waals surface area (Å²) in [7, 11) is 0. The summed E-state index contributed by atoms with van der Waals surface area (Å²) in [6, 6.07) is 6.76. The van der Waals surface area contributed by atoms with Crippen LogP contribution in [0.15, 0.2) is 18.2 Å². The summed E-state index contributed by atoms with van der Waals surface area (Å²) in [5.74, 6) is 0. The maximum Gasteiger partial charge on any atom is 0.178 e. The summed E-state index contributed by atoms with van der Waals surface area (Å²) in [6.45, 7) is 7.99. The summed E-state index contributed by atoms with van der Waals surface area (Å²) < 4.78 is 3.13. The molecule has 1 aliphatic rings. The topological polar surface area (TPSA) is 24.0 Å². The van der Waals surface area contributed by atoms with Crippen molar-refractivity contribution >= 4 is 23.3 Å². The third-order valence-corrected chi connectivity index (χ3v) is 4.40. The van der Waals surface area contributed by atoms with E-state index in [0.29, 0.717) is 6.04 Å². The molecule has 4 heteroatoms. The lowest BCUT2D eigenvalue weighted by Crippen LogP contribution is -2.27. The Kier molecular flexibility index (Phi) is 3.46. The number of aromatic amines is 1. The van der Waals surface area contributed by atoms with Crippen LogP contribution in [0.3, 0.4) is 0 Å². The highest BCUT2D eigenvalue weighted by atomic mass is 32.1. The van der Waals surface area contributed by atoms with E-state index in [0.717, 1.165) is 16.8 Å². The van der Waals surface area contributed by atoms with Gasteiger partial charge in [-0.2, -0.15) is 0 Å². The molecule has 0 spiro atoms. The maximum atomic E-state index is 5.52. The van der Waals surface area contributed by atoms with Crippen LogP contribution in [0, 0.1) is 11.7 Å². The molecule has 1 aromatic heterocycles. The van der Waals surface area contributed by atoms with Gasteiger partial charge in [-0.1, -0.05) is 12.1 Å². The van der Waals surface area contributed by atoms with Crippen LogP contribution in [-0.2, 0) is 0 Å². The minimum atomic E-state index is 0.417. The van der Waals surface area contributed by atoms with Crippen LogP contribution in [0.5, 0.6) is 0 Å². The summed E-state index contributed by atoms with van der Waals surface area (Å²) in [5, 5.41) is 0. The van der Waals surface area contributed by atoms with Crippen molar-refractivity contribution < 1.29 is 0 Å². The van der Waals surface area contributed by atoms with Gasteiger partial charge in [-0.05, 0) is 63.6 Å². The number of aryl methyl sites for hydroxylation is 1. The lowest BCUT2D eigenvalue weighted by molar-refractivity contribution is 0.289. The Balaban J connectivity index is 1.99. The van der Waals surface area contributed by atoms with E-state index in [2.05, 4.69) is 46.5 Å². The number of H-pyrrole nitrogens is 1. The van der Waals surface area contributed by atoms with Crippen LogP contribution in [0.25, 0.3) is 11.0 Å². The highest BCUT2D eigenvalue weighted by Gasteiger charge is 2.18. The van der Waals surface area contributed by atoms with Crippen molar-refractivity contribution in [1.82, 2.24) is 14.5 Å². The van der Waals surface area contributed by atoms with Gasteiger partial charge in [0.1, 0.15) is 0 Å². The van der Waals surface area contributed by atoms with Gasteiger partial charge in [0, 0.05) is 12.6 Å². The van der Waals surface area contributed by atoms with E-state index in [1.807, 2.05) is 0 Å². The fourth-order valence-corrected chi connectivity index (χ4v) is 3.58. The molecule has 0 saturated carbocycles. The van der Waals surface area contributed by atoms with Crippen LogP contribution >= 0.6 is 12.2 Å². The molecule has 3 rings (SSSR count). The molecular formula is C15H21N3S. The number of hydrogen-bond donors (Lipinski definition) is 1. The smallest absolute Gasteiger partial charge is 0.178 e. The zero-order valence-electron chi connectivity index (χ0n) is 11.6. The van der Waals surface area contributed by atoms with E-state index in [1.165, 1.54) is 37.0 Å². The van der Waals surface area contributed by atoms with Gasteiger partial charge in [0.25, 0.3) is 0 Å². The quantitative estimate of drug-likeness (QED) is 0.864. The predicted molar refractivity (Wildman–Crippen MR) is 82.2 cm³/mol. The number of likely N-dealkylation sites (tertiary alicyclic amines) is 1. The van der Waals surface area contributed by atoms with Crippen molar-refractivity contribution in [3.63, 3.8) is 0 Å². The molecular weight excluding hydrogens is 254 g/mol. The third-order valence-electron chi connectivity index (χ3n) is 4.10. The fraction of sp³-hybridized carbons (Fsp3) is 0.533.